The minimum absolute atomic E-state index is 0.121. The van der Waals surface area contributed by atoms with Gasteiger partial charge in [0.1, 0.15) is 12.4 Å². The number of aromatic amines is 1. The molecule has 0 bridgehead atoms. The molecule has 4 aromatic rings. The molecule has 1 N–H and O–H groups in total. The molecule has 1 saturated heterocycles. The van der Waals surface area contributed by atoms with Crippen molar-refractivity contribution in [2.45, 2.75) is 12.5 Å². The number of carbonyl (C=O) groups is 1. The number of fused-ring (bicyclic) bond motifs is 2. The molecule has 2 aromatic heterocycles. The molecule has 5 rings (SSSR count). The van der Waals surface area contributed by atoms with Crippen molar-refractivity contribution in [3.05, 3.63) is 60.7 Å². The van der Waals surface area contributed by atoms with Gasteiger partial charge in [-0.1, -0.05) is 24.3 Å². The van der Waals surface area contributed by atoms with Crippen LogP contribution < -0.4 is 0 Å². The minimum atomic E-state index is 0.121. The van der Waals surface area contributed by atoms with Gasteiger partial charge in [0, 0.05) is 13.1 Å². The van der Waals surface area contributed by atoms with E-state index in [1.54, 1.807) is 6.33 Å². The molecule has 3 heterocycles. The number of para-hydroxylation sites is 4. The van der Waals surface area contributed by atoms with Crippen LogP contribution in [0.4, 0.5) is 0 Å². The summed E-state index contributed by atoms with van der Waals surface area (Å²) >= 11 is 0. The number of hydrogen-bond donors (Lipinski definition) is 1. The normalized spacial score (nSPS) is 15.0. The van der Waals surface area contributed by atoms with Gasteiger partial charge in [0.2, 0.25) is 5.91 Å². The number of hydrogen-bond acceptors (Lipinski definition) is 3. The topological polar surface area (TPSA) is 66.8 Å². The van der Waals surface area contributed by atoms with E-state index in [1.807, 2.05) is 58.0 Å². The molecular formula is C19H17N5O. The summed E-state index contributed by atoms with van der Waals surface area (Å²) in [5.74, 6) is 1.38. The van der Waals surface area contributed by atoms with Crippen LogP contribution in [0.2, 0.25) is 0 Å². The van der Waals surface area contributed by atoms with E-state index in [4.69, 9.17) is 0 Å². The summed E-state index contributed by atoms with van der Waals surface area (Å²) in [6.07, 6.45) is 1.74. The van der Waals surface area contributed by atoms with Gasteiger partial charge >= 0.3 is 0 Å². The van der Waals surface area contributed by atoms with E-state index in [9.17, 15) is 4.79 Å². The van der Waals surface area contributed by atoms with Crippen molar-refractivity contribution in [2.75, 3.05) is 13.1 Å². The Morgan fingerprint density at radius 3 is 2.68 bits per heavy atom. The lowest BCUT2D eigenvalue weighted by Gasteiger charge is -2.38. The summed E-state index contributed by atoms with van der Waals surface area (Å²) in [6, 6.07) is 15.9. The standard InChI is InChI=1S/C19H17N5O/c25-18(11-24-12-20-16-7-3-4-8-17(16)24)23-9-13(10-23)19-21-14-5-1-2-6-15(14)22-19/h1-8,12-13H,9-11H2,(H,21,22). The van der Waals surface area contributed by atoms with Crippen LogP contribution in [0.5, 0.6) is 0 Å². The van der Waals surface area contributed by atoms with E-state index in [1.165, 1.54) is 0 Å². The fourth-order valence-corrected chi connectivity index (χ4v) is 3.40. The Morgan fingerprint density at radius 1 is 1.08 bits per heavy atom. The second kappa shape index (κ2) is 5.44. The van der Waals surface area contributed by atoms with Gasteiger partial charge in [0.15, 0.2) is 0 Å². The first-order valence-corrected chi connectivity index (χ1v) is 8.40. The van der Waals surface area contributed by atoms with E-state index in [0.29, 0.717) is 19.6 Å². The zero-order valence-electron chi connectivity index (χ0n) is 13.6. The highest BCUT2D eigenvalue weighted by molar-refractivity contribution is 5.81. The lowest BCUT2D eigenvalue weighted by molar-refractivity contribution is -0.136. The predicted octanol–water partition coefficient (Wildman–Crippen LogP) is 2.54. The number of aromatic nitrogens is 4. The second-order valence-corrected chi connectivity index (χ2v) is 6.50. The Hall–Kier alpha value is -3.15. The molecule has 6 heteroatoms. The van der Waals surface area contributed by atoms with Gasteiger partial charge in [-0.25, -0.2) is 9.97 Å². The molecule has 0 aliphatic carbocycles. The van der Waals surface area contributed by atoms with E-state index in [0.717, 1.165) is 27.9 Å². The van der Waals surface area contributed by atoms with Crippen LogP contribution in [-0.2, 0) is 11.3 Å². The number of likely N-dealkylation sites (tertiary alicyclic amines) is 1. The highest BCUT2D eigenvalue weighted by Crippen LogP contribution is 2.27. The Balaban J connectivity index is 1.27. The molecule has 0 atom stereocenters. The van der Waals surface area contributed by atoms with Crippen LogP contribution >= 0.6 is 0 Å². The fourth-order valence-electron chi connectivity index (χ4n) is 3.40. The van der Waals surface area contributed by atoms with E-state index in [2.05, 4.69) is 15.0 Å². The quantitative estimate of drug-likeness (QED) is 0.627. The fraction of sp³-hybridized carbons (Fsp3) is 0.211. The summed E-state index contributed by atoms with van der Waals surface area (Å²) in [6.45, 7) is 1.75. The maximum Gasteiger partial charge on any atom is 0.242 e. The summed E-state index contributed by atoms with van der Waals surface area (Å²) in [5, 5.41) is 0. The van der Waals surface area contributed by atoms with Gasteiger partial charge < -0.3 is 14.5 Å². The highest BCUT2D eigenvalue weighted by Gasteiger charge is 2.33. The van der Waals surface area contributed by atoms with Gasteiger partial charge in [-0.2, -0.15) is 0 Å². The Kier molecular flexibility index (Phi) is 3.09. The van der Waals surface area contributed by atoms with Crippen LogP contribution in [0.1, 0.15) is 11.7 Å². The highest BCUT2D eigenvalue weighted by atomic mass is 16.2. The molecule has 1 aliphatic rings. The van der Waals surface area contributed by atoms with Gasteiger partial charge in [-0.15, -0.1) is 0 Å². The van der Waals surface area contributed by atoms with Gasteiger partial charge in [-0.3, -0.25) is 4.79 Å². The summed E-state index contributed by atoms with van der Waals surface area (Å²) in [5.41, 5.74) is 3.93. The summed E-state index contributed by atoms with van der Waals surface area (Å²) in [7, 11) is 0. The number of rotatable bonds is 3. The first-order chi connectivity index (χ1) is 12.3. The number of nitrogens with one attached hydrogen (secondary N) is 1. The Labute approximate surface area is 144 Å². The lowest BCUT2D eigenvalue weighted by Crippen LogP contribution is -2.49. The van der Waals surface area contributed by atoms with Crippen molar-refractivity contribution in [3.8, 4) is 0 Å². The van der Waals surface area contributed by atoms with Crippen LogP contribution in [0.15, 0.2) is 54.9 Å². The number of benzene rings is 2. The molecule has 0 saturated carbocycles. The molecule has 2 aromatic carbocycles. The van der Waals surface area contributed by atoms with Crippen LogP contribution in [0.25, 0.3) is 22.1 Å². The van der Waals surface area contributed by atoms with E-state index in [-0.39, 0.29) is 11.8 Å². The van der Waals surface area contributed by atoms with Crippen LogP contribution in [0, 0.1) is 0 Å². The number of imidazole rings is 2. The van der Waals surface area contributed by atoms with Crippen molar-refractivity contribution in [3.63, 3.8) is 0 Å². The number of H-pyrrole nitrogens is 1. The Bertz CT molecular complexity index is 1040. The molecule has 6 nitrogen and oxygen atoms in total. The van der Waals surface area contributed by atoms with Crippen molar-refractivity contribution >= 4 is 28.0 Å². The average molecular weight is 331 g/mol. The van der Waals surface area contributed by atoms with Crippen molar-refractivity contribution in [1.82, 2.24) is 24.4 Å². The third kappa shape index (κ3) is 2.38. The molecule has 1 aliphatic heterocycles. The molecule has 1 fully saturated rings. The lowest BCUT2D eigenvalue weighted by atomic mass is 9.99. The minimum Gasteiger partial charge on any atom is -0.342 e. The smallest absolute Gasteiger partial charge is 0.242 e. The van der Waals surface area contributed by atoms with Gasteiger partial charge in [0.05, 0.1) is 34.3 Å². The maximum absolute atomic E-state index is 12.5. The zero-order chi connectivity index (χ0) is 16.8. The molecule has 0 unspecified atom stereocenters. The number of carbonyl (C=O) groups excluding carboxylic acids is 1. The molecule has 124 valence electrons. The molecular weight excluding hydrogens is 314 g/mol. The van der Waals surface area contributed by atoms with Crippen molar-refractivity contribution in [1.29, 1.82) is 0 Å². The molecule has 0 radical (unpaired) electrons. The summed E-state index contributed by atoms with van der Waals surface area (Å²) < 4.78 is 1.91. The van der Waals surface area contributed by atoms with Gasteiger partial charge in [-0.05, 0) is 24.3 Å². The monoisotopic (exact) mass is 331 g/mol. The van der Waals surface area contributed by atoms with Crippen LogP contribution in [0.3, 0.4) is 0 Å². The third-order valence-corrected chi connectivity index (χ3v) is 4.86. The van der Waals surface area contributed by atoms with Crippen LogP contribution in [-0.4, -0.2) is 43.4 Å². The number of amides is 1. The van der Waals surface area contributed by atoms with E-state index >= 15 is 0 Å². The average Bonchev–Trinajstić information content (AvgIpc) is 3.18. The second-order valence-electron chi connectivity index (χ2n) is 6.50. The summed E-state index contributed by atoms with van der Waals surface area (Å²) in [4.78, 5) is 26.8. The molecule has 0 spiro atoms. The van der Waals surface area contributed by atoms with Crippen molar-refractivity contribution < 1.29 is 4.79 Å². The van der Waals surface area contributed by atoms with E-state index < -0.39 is 0 Å². The largest absolute Gasteiger partial charge is 0.342 e. The predicted molar refractivity (Wildman–Crippen MR) is 95.1 cm³/mol. The first-order valence-electron chi connectivity index (χ1n) is 8.40. The Morgan fingerprint density at radius 2 is 1.84 bits per heavy atom. The molecule has 25 heavy (non-hydrogen) atoms. The molecule has 1 amide bonds. The SMILES string of the molecule is O=C(Cn1cnc2ccccc21)N1CC(c2nc3ccccc3[nH]2)C1. The van der Waals surface area contributed by atoms with Crippen molar-refractivity contribution in [2.24, 2.45) is 0 Å². The number of nitrogens with zero attached hydrogens (tertiary/aromatic N) is 4. The van der Waals surface area contributed by atoms with Gasteiger partial charge in [0.25, 0.3) is 0 Å². The zero-order valence-corrected chi connectivity index (χ0v) is 13.6. The first kappa shape index (κ1) is 14.2. The third-order valence-electron chi connectivity index (χ3n) is 4.86. The maximum atomic E-state index is 12.5.